The van der Waals surface area contributed by atoms with Crippen LogP contribution in [-0.4, -0.2) is 26.2 Å². The number of ether oxygens (including phenoxy) is 1. The van der Waals surface area contributed by atoms with Gasteiger partial charge in [-0.1, -0.05) is 51.3 Å². The van der Waals surface area contributed by atoms with Crippen molar-refractivity contribution in [2.24, 2.45) is 0 Å². The second kappa shape index (κ2) is 5.79. The molecule has 21 heavy (non-hydrogen) atoms. The molecule has 0 radical (unpaired) electrons. The lowest BCUT2D eigenvalue weighted by Crippen LogP contribution is -1.98. The van der Waals surface area contributed by atoms with E-state index in [0.29, 0.717) is 23.1 Å². The highest BCUT2D eigenvalue weighted by Gasteiger charge is 2.18. The lowest BCUT2D eigenvalue weighted by molar-refractivity contribution is 0.313. The summed E-state index contributed by atoms with van der Waals surface area (Å²) >= 11 is 16.1. The van der Waals surface area contributed by atoms with Gasteiger partial charge in [-0.25, -0.2) is 0 Å². The van der Waals surface area contributed by atoms with Gasteiger partial charge in [0.2, 0.25) is 0 Å². The van der Waals surface area contributed by atoms with Crippen molar-refractivity contribution in [3.8, 4) is 17.1 Å². The monoisotopic (exact) mass is 386 g/mol. The standard InChI is InChI=1S/C13H9BrCl2N4O/c1-2-21-13-18-12-17-10(15)9(11(16)20(12)19-13)7-4-3-5-8(14)6-7/h3-6H,2H2,1H3. The van der Waals surface area contributed by atoms with Gasteiger partial charge in [-0.05, 0) is 24.6 Å². The third-order valence-corrected chi connectivity index (χ3v) is 3.87. The summed E-state index contributed by atoms with van der Waals surface area (Å²) in [7, 11) is 0. The molecule has 1 aromatic carbocycles. The number of hydrogen-bond donors (Lipinski definition) is 0. The zero-order valence-electron chi connectivity index (χ0n) is 10.8. The van der Waals surface area contributed by atoms with E-state index in [4.69, 9.17) is 27.9 Å². The maximum atomic E-state index is 6.41. The molecule has 0 saturated carbocycles. The zero-order chi connectivity index (χ0) is 15.0. The Labute approximate surface area is 139 Å². The highest BCUT2D eigenvalue weighted by atomic mass is 79.9. The van der Waals surface area contributed by atoms with Crippen molar-refractivity contribution in [3.63, 3.8) is 0 Å². The Morgan fingerprint density at radius 1 is 1.29 bits per heavy atom. The molecule has 0 aliphatic heterocycles. The van der Waals surface area contributed by atoms with Gasteiger partial charge >= 0.3 is 6.01 Å². The minimum atomic E-state index is 0.217. The van der Waals surface area contributed by atoms with Gasteiger partial charge in [0.05, 0.1) is 12.2 Å². The van der Waals surface area contributed by atoms with E-state index in [-0.39, 0.29) is 11.2 Å². The fourth-order valence-corrected chi connectivity index (χ4v) is 2.93. The first kappa shape index (κ1) is 14.6. The summed E-state index contributed by atoms with van der Waals surface area (Å²) in [6.07, 6.45) is 0. The Balaban J connectivity index is 2.23. The van der Waals surface area contributed by atoms with Crippen molar-refractivity contribution in [2.75, 3.05) is 6.61 Å². The summed E-state index contributed by atoms with van der Waals surface area (Å²) in [5, 5.41) is 4.77. The molecule has 0 fully saturated rings. The smallest absolute Gasteiger partial charge is 0.337 e. The van der Waals surface area contributed by atoms with Gasteiger partial charge < -0.3 is 4.74 Å². The molecule has 0 saturated heterocycles. The van der Waals surface area contributed by atoms with Crippen LogP contribution in [0.3, 0.4) is 0 Å². The van der Waals surface area contributed by atoms with E-state index in [1.165, 1.54) is 4.52 Å². The summed E-state index contributed by atoms with van der Waals surface area (Å²) in [6, 6.07) is 7.82. The molecule has 0 atom stereocenters. The maximum Gasteiger partial charge on any atom is 0.337 e. The van der Waals surface area contributed by atoms with E-state index in [0.717, 1.165) is 10.0 Å². The molecule has 0 bridgehead atoms. The molecule has 8 heteroatoms. The van der Waals surface area contributed by atoms with Gasteiger partial charge in [-0.15, -0.1) is 5.10 Å². The molecule has 2 heterocycles. The first-order valence-corrected chi connectivity index (χ1v) is 7.65. The Bertz CT molecular complexity index is 821. The van der Waals surface area contributed by atoms with Gasteiger partial charge in [-0.3, -0.25) is 0 Å². The quantitative estimate of drug-likeness (QED) is 0.630. The van der Waals surface area contributed by atoms with Crippen LogP contribution >= 0.6 is 39.1 Å². The van der Waals surface area contributed by atoms with Crippen LogP contribution in [0.1, 0.15) is 6.92 Å². The number of nitrogens with zero attached hydrogens (tertiary/aromatic N) is 4. The summed E-state index contributed by atoms with van der Waals surface area (Å²) in [4.78, 5) is 8.34. The fourth-order valence-electron chi connectivity index (χ4n) is 1.90. The third-order valence-electron chi connectivity index (χ3n) is 2.75. The summed E-state index contributed by atoms with van der Waals surface area (Å²) < 4.78 is 7.59. The largest absolute Gasteiger partial charge is 0.463 e. The third kappa shape index (κ3) is 2.71. The lowest BCUT2D eigenvalue weighted by atomic mass is 10.1. The molecule has 5 nitrogen and oxygen atoms in total. The first-order chi connectivity index (χ1) is 10.1. The van der Waals surface area contributed by atoms with Crippen molar-refractivity contribution in [3.05, 3.63) is 39.0 Å². The van der Waals surface area contributed by atoms with Crippen molar-refractivity contribution < 1.29 is 4.74 Å². The van der Waals surface area contributed by atoms with E-state index >= 15 is 0 Å². The zero-order valence-corrected chi connectivity index (χ0v) is 13.9. The molecule has 0 N–H and O–H groups in total. The van der Waals surface area contributed by atoms with Gasteiger partial charge in [0.1, 0.15) is 10.3 Å². The summed E-state index contributed by atoms with van der Waals surface area (Å²) in [5.41, 5.74) is 1.43. The van der Waals surface area contributed by atoms with Crippen LogP contribution < -0.4 is 4.74 Å². The summed E-state index contributed by atoms with van der Waals surface area (Å²) in [5.74, 6) is 0.298. The van der Waals surface area contributed by atoms with E-state index in [9.17, 15) is 0 Å². The van der Waals surface area contributed by atoms with Crippen LogP contribution in [0.2, 0.25) is 10.3 Å². The highest BCUT2D eigenvalue weighted by Crippen LogP contribution is 2.35. The normalized spacial score (nSPS) is 11.0. The minimum absolute atomic E-state index is 0.217. The van der Waals surface area contributed by atoms with Crippen LogP contribution in [-0.2, 0) is 0 Å². The average Bonchev–Trinajstić information content (AvgIpc) is 2.82. The second-order valence-corrected chi connectivity index (χ2v) is 5.75. The Morgan fingerprint density at radius 3 is 2.81 bits per heavy atom. The fraction of sp³-hybridized carbons (Fsp3) is 0.154. The van der Waals surface area contributed by atoms with E-state index in [1.54, 1.807) is 0 Å². The highest BCUT2D eigenvalue weighted by molar-refractivity contribution is 9.10. The Morgan fingerprint density at radius 2 is 2.10 bits per heavy atom. The Hall–Kier alpha value is -1.37. The molecule has 3 rings (SSSR count). The van der Waals surface area contributed by atoms with Gasteiger partial charge in [0, 0.05) is 4.47 Å². The topological polar surface area (TPSA) is 52.3 Å². The van der Waals surface area contributed by atoms with Gasteiger partial charge in [-0.2, -0.15) is 14.5 Å². The predicted octanol–water partition coefficient (Wildman–Crippen LogP) is 4.26. The molecule has 0 aliphatic carbocycles. The molecule has 0 spiro atoms. The van der Waals surface area contributed by atoms with Crippen LogP contribution in [0, 0.1) is 0 Å². The van der Waals surface area contributed by atoms with Crippen molar-refractivity contribution in [1.29, 1.82) is 0 Å². The number of benzene rings is 1. The Kier molecular flexibility index (Phi) is 4.01. The molecule has 3 aromatic rings. The molecule has 108 valence electrons. The van der Waals surface area contributed by atoms with Crippen LogP contribution in [0.25, 0.3) is 16.9 Å². The van der Waals surface area contributed by atoms with E-state index < -0.39 is 0 Å². The number of halogens is 3. The van der Waals surface area contributed by atoms with Crippen molar-refractivity contribution >= 4 is 44.9 Å². The maximum absolute atomic E-state index is 6.41. The van der Waals surface area contributed by atoms with E-state index in [2.05, 4.69) is 31.0 Å². The van der Waals surface area contributed by atoms with Crippen molar-refractivity contribution in [2.45, 2.75) is 6.92 Å². The minimum Gasteiger partial charge on any atom is -0.463 e. The van der Waals surface area contributed by atoms with Crippen molar-refractivity contribution in [1.82, 2.24) is 19.6 Å². The lowest BCUT2D eigenvalue weighted by Gasteiger charge is -2.07. The molecular formula is C13H9BrCl2N4O. The van der Waals surface area contributed by atoms with Crippen LogP contribution in [0.4, 0.5) is 0 Å². The molecule has 0 amide bonds. The number of hydrogen-bond acceptors (Lipinski definition) is 4. The second-order valence-electron chi connectivity index (χ2n) is 4.12. The van der Waals surface area contributed by atoms with Crippen LogP contribution in [0.15, 0.2) is 28.7 Å². The number of fused-ring (bicyclic) bond motifs is 1. The van der Waals surface area contributed by atoms with Gasteiger partial charge in [0.15, 0.2) is 0 Å². The average molecular weight is 388 g/mol. The predicted molar refractivity (Wildman–Crippen MR) is 85.1 cm³/mol. The molecule has 0 aliphatic rings. The molecular weight excluding hydrogens is 379 g/mol. The molecule has 0 unspecified atom stereocenters. The van der Waals surface area contributed by atoms with Gasteiger partial charge in [0.25, 0.3) is 5.78 Å². The number of aromatic nitrogens is 4. The number of rotatable bonds is 3. The van der Waals surface area contributed by atoms with Crippen LogP contribution in [0.5, 0.6) is 6.01 Å². The molecule has 2 aromatic heterocycles. The SMILES string of the molecule is CCOc1nc2nc(Cl)c(-c3cccc(Br)c3)c(Cl)n2n1. The first-order valence-electron chi connectivity index (χ1n) is 6.10. The summed E-state index contributed by atoms with van der Waals surface area (Å²) in [6.45, 7) is 2.31. The van der Waals surface area contributed by atoms with E-state index in [1.807, 2.05) is 31.2 Å².